The lowest BCUT2D eigenvalue weighted by atomic mass is 9.84. The van der Waals surface area contributed by atoms with Crippen LogP contribution in [0.3, 0.4) is 0 Å². The van der Waals surface area contributed by atoms with Gasteiger partial charge < -0.3 is 34.3 Å². The molecular weight excluding hydrogens is 821 g/mol. The number of pyridine rings is 1. The van der Waals surface area contributed by atoms with Gasteiger partial charge >= 0.3 is 12.0 Å². The molecule has 15 nitrogen and oxygen atoms in total. The van der Waals surface area contributed by atoms with Crippen LogP contribution in [0, 0.1) is 17.3 Å². The van der Waals surface area contributed by atoms with E-state index >= 15 is 0 Å². The number of aliphatic hydroxyl groups excluding tert-OH is 1. The van der Waals surface area contributed by atoms with Gasteiger partial charge in [-0.15, -0.1) is 11.3 Å². The van der Waals surface area contributed by atoms with Crippen molar-refractivity contribution >= 4 is 46.1 Å². The third kappa shape index (κ3) is 9.40. The lowest BCUT2D eigenvalue weighted by Gasteiger charge is -2.43. The highest BCUT2D eigenvalue weighted by Gasteiger charge is 2.41. The van der Waals surface area contributed by atoms with Crippen molar-refractivity contribution in [2.45, 2.75) is 98.0 Å². The molecule has 16 heteroatoms. The van der Waals surface area contributed by atoms with Crippen LogP contribution in [-0.2, 0) is 43.2 Å². The molecule has 63 heavy (non-hydrogen) atoms. The third-order valence-electron chi connectivity index (χ3n) is 12.7. The lowest BCUT2D eigenvalue weighted by molar-refractivity contribution is -0.155. The predicted octanol–water partition coefficient (Wildman–Crippen LogP) is 5.76. The molecule has 0 spiro atoms. The molecule has 0 radical (unpaired) electrons. The fraction of sp³-hybridized carbons (Fsp3) is 0.532. The second kappa shape index (κ2) is 18.9. The van der Waals surface area contributed by atoms with Gasteiger partial charge in [0.15, 0.2) is 0 Å². The van der Waals surface area contributed by atoms with E-state index in [1.807, 2.05) is 32.2 Å². The average molecular weight is 883 g/mol. The molecule has 4 aromatic rings. The Morgan fingerprint density at radius 2 is 1.95 bits per heavy atom. The van der Waals surface area contributed by atoms with Crippen LogP contribution in [0.15, 0.2) is 54.1 Å². The molecule has 1 aromatic carbocycles. The number of rotatable bonds is 10. The van der Waals surface area contributed by atoms with E-state index in [0.717, 1.165) is 44.7 Å². The van der Waals surface area contributed by atoms with Crippen LogP contribution in [0.25, 0.3) is 33.4 Å². The van der Waals surface area contributed by atoms with Gasteiger partial charge in [0.2, 0.25) is 5.91 Å². The van der Waals surface area contributed by atoms with Crippen LogP contribution in [0.4, 0.5) is 4.79 Å². The summed E-state index contributed by atoms with van der Waals surface area (Å²) in [5.74, 6) is -1.64. The molecular formula is C47H62N8O7S. The number of ether oxygens (including phenoxy) is 2. The normalized spacial score (nSPS) is 20.5. The number of thiazole rings is 1. The molecule has 6 heterocycles. The maximum atomic E-state index is 14.5. The maximum absolute atomic E-state index is 14.5. The Hall–Kier alpha value is -5.16. The number of likely N-dealkylation sites (tertiary alicyclic amines) is 1. The second-order valence-corrected chi connectivity index (χ2v) is 19.2. The summed E-state index contributed by atoms with van der Waals surface area (Å²) in [6.07, 6.45) is 3.22. The number of benzene rings is 1. The highest BCUT2D eigenvalue weighted by Crippen LogP contribution is 2.42. The Bertz CT molecular complexity index is 2370. The molecule has 2 fully saturated rings. The number of carbonyl (C=O) groups is 4. The average Bonchev–Trinajstić information content (AvgIpc) is 3.85. The first-order valence-electron chi connectivity index (χ1n) is 22.0. The number of fused-ring (bicyclic) bond motifs is 6. The summed E-state index contributed by atoms with van der Waals surface area (Å²) in [4.78, 5) is 69.3. The molecule has 3 aliphatic heterocycles. The molecule has 4 amide bonds. The first-order valence-corrected chi connectivity index (χ1v) is 22.9. The van der Waals surface area contributed by atoms with E-state index in [-0.39, 0.29) is 43.6 Å². The van der Waals surface area contributed by atoms with Gasteiger partial charge in [-0.25, -0.2) is 15.2 Å². The number of urea groups is 1. The number of nitrogens with zero attached hydrogens (tertiary/aromatic N) is 6. The van der Waals surface area contributed by atoms with Crippen molar-refractivity contribution in [3.8, 4) is 22.5 Å². The first-order chi connectivity index (χ1) is 30.0. The Balaban J connectivity index is 1.27. The third-order valence-corrected chi connectivity index (χ3v) is 13.6. The van der Waals surface area contributed by atoms with E-state index in [2.05, 4.69) is 66.9 Å². The number of likely N-dealkylation sites (N-methyl/N-ethyl adjacent to an activating group) is 1. The number of hydrazine groups is 1. The number of aryl methyl sites for hydroxylation is 1. The lowest BCUT2D eigenvalue weighted by Crippen LogP contribution is -2.63. The van der Waals surface area contributed by atoms with E-state index in [0.29, 0.717) is 56.0 Å². The van der Waals surface area contributed by atoms with Crippen molar-refractivity contribution in [3.63, 3.8) is 0 Å². The summed E-state index contributed by atoms with van der Waals surface area (Å²) in [6.45, 7) is 17.8. The minimum atomic E-state index is -1.07. The number of esters is 1. The highest BCUT2D eigenvalue weighted by atomic mass is 32.1. The standard InChI is InChI=1S/C47H62N8O7S/c1-10-54-38-16-15-30-19-33(38)34(42(54)32-13-11-17-48-40(32)29(5)61-9)21-47(6,7)26-62-45(59)35-14-12-18-55(51-35)44(58)36(20-39-49-37(30)25-63-39)50-43(57)41(27(2)3)52(8)46(60)53-22-31(23-53)28(4)24-56/h11,13,15-17,19,25,27,29,31,35-36,41,51,56H,4,10,12,14,18,20-24,26H2,1-3,5-9H3,(H,50,57)/t29-,35-,36-,41?/m0/s1. The highest BCUT2D eigenvalue weighted by molar-refractivity contribution is 7.10. The number of hydrogen-bond donors (Lipinski definition) is 3. The Kier molecular flexibility index (Phi) is 13.8. The summed E-state index contributed by atoms with van der Waals surface area (Å²) in [7, 11) is 3.28. The molecule has 3 aliphatic rings. The molecule has 4 atom stereocenters. The zero-order chi connectivity index (χ0) is 45.3. The fourth-order valence-electron chi connectivity index (χ4n) is 9.11. The summed E-state index contributed by atoms with van der Waals surface area (Å²) in [6, 6.07) is 7.35. The topological polar surface area (TPSA) is 171 Å². The SMILES string of the molecule is C=C(CO)C1CN(C(=O)N(C)C(C(=O)N[C@H]2Cc3nc(cs3)-c3ccc4c(c3)c(c(-c3cccnc3[C@H](C)OC)n4CC)CC(C)(C)COC(=O)[C@@H]3CCCN(N3)C2=O)C(C)C)C1. The van der Waals surface area contributed by atoms with Crippen molar-refractivity contribution in [2.75, 3.05) is 47.0 Å². The van der Waals surface area contributed by atoms with Crippen LogP contribution in [0.5, 0.6) is 0 Å². The number of methoxy groups -OCH3 is 1. The largest absolute Gasteiger partial charge is 0.464 e. The van der Waals surface area contributed by atoms with Crippen molar-refractivity contribution in [1.29, 1.82) is 0 Å². The van der Waals surface area contributed by atoms with E-state index < -0.39 is 41.3 Å². The minimum Gasteiger partial charge on any atom is -0.464 e. The number of carbonyl (C=O) groups excluding carboxylic acids is 4. The number of aromatic nitrogens is 3. The van der Waals surface area contributed by atoms with E-state index in [9.17, 15) is 24.3 Å². The predicted molar refractivity (Wildman–Crippen MR) is 242 cm³/mol. The molecule has 0 aliphatic carbocycles. The summed E-state index contributed by atoms with van der Waals surface area (Å²) < 4.78 is 14.2. The van der Waals surface area contributed by atoms with Crippen LogP contribution in [0.2, 0.25) is 0 Å². The van der Waals surface area contributed by atoms with Gasteiger partial charge in [0.25, 0.3) is 5.91 Å². The Morgan fingerprint density at radius 1 is 1.19 bits per heavy atom. The zero-order valence-electron chi connectivity index (χ0n) is 37.8. The molecule has 1 unspecified atom stereocenters. The number of hydrogen-bond acceptors (Lipinski definition) is 11. The van der Waals surface area contributed by atoms with Crippen LogP contribution < -0.4 is 10.7 Å². The number of aliphatic hydroxyl groups is 1. The van der Waals surface area contributed by atoms with E-state index in [1.165, 1.54) is 21.2 Å². The molecule has 2 saturated heterocycles. The summed E-state index contributed by atoms with van der Waals surface area (Å²) >= 11 is 1.41. The van der Waals surface area contributed by atoms with Crippen LogP contribution in [0.1, 0.15) is 76.8 Å². The van der Waals surface area contributed by atoms with Gasteiger partial charge in [-0.1, -0.05) is 40.3 Å². The molecule has 338 valence electrons. The number of amides is 4. The van der Waals surface area contributed by atoms with Gasteiger partial charge in [-0.3, -0.25) is 24.4 Å². The Morgan fingerprint density at radius 3 is 2.65 bits per heavy atom. The van der Waals surface area contributed by atoms with Crippen LogP contribution >= 0.6 is 11.3 Å². The van der Waals surface area contributed by atoms with Crippen molar-refractivity contribution < 1.29 is 33.8 Å². The van der Waals surface area contributed by atoms with Crippen LogP contribution in [-0.4, -0.2) is 123 Å². The van der Waals surface area contributed by atoms with Crippen molar-refractivity contribution in [3.05, 3.63) is 70.3 Å². The van der Waals surface area contributed by atoms with Crippen molar-refractivity contribution in [2.24, 2.45) is 17.3 Å². The quantitative estimate of drug-likeness (QED) is 0.132. The van der Waals surface area contributed by atoms with Gasteiger partial charge in [0.1, 0.15) is 18.1 Å². The van der Waals surface area contributed by atoms with E-state index in [1.54, 1.807) is 25.3 Å². The first kappa shape index (κ1) is 45.9. The summed E-state index contributed by atoms with van der Waals surface area (Å²) in [5.41, 5.74) is 9.95. The zero-order valence-corrected chi connectivity index (χ0v) is 38.6. The van der Waals surface area contributed by atoms with Gasteiger partial charge in [-0.2, -0.15) is 0 Å². The maximum Gasteiger partial charge on any atom is 0.324 e. The molecule has 0 saturated carbocycles. The monoisotopic (exact) mass is 882 g/mol. The molecule has 7 rings (SSSR count). The van der Waals surface area contributed by atoms with Gasteiger partial charge in [0.05, 0.1) is 41.4 Å². The summed E-state index contributed by atoms with van der Waals surface area (Å²) in [5, 5.41) is 17.6. The smallest absolute Gasteiger partial charge is 0.324 e. The number of cyclic esters (lactones) is 1. The minimum absolute atomic E-state index is 0.000206. The molecule has 3 N–H and O–H groups in total. The number of nitrogens with one attached hydrogen (secondary N) is 2. The van der Waals surface area contributed by atoms with Crippen molar-refractivity contribution in [1.82, 2.24) is 40.1 Å². The fourth-order valence-corrected chi connectivity index (χ4v) is 9.96. The Labute approximate surface area is 373 Å². The second-order valence-electron chi connectivity index (χ2n) is 18.3. The van der Waals surface area contributed by atoms with Gasteiger partial charge in [-0.05, 0) is 74.4 Å². The molecule has 3 aromatic heterocycles. The molecule has 6 bridgehead atoms. The van der Waals surface area contributed by atoms with Gasteiger partial charge in [0, 0.05) is 91.7 Å². The van der Waals surface area contributed by atoms with E-state index in [4.69, 9.17) is 19.4 Å².